The third-order valence-corrected chi connectivity index (χ3v) is 7.07. The highest BCUT2D eigenvalue weighted by Crippen LogP contribution is 2.26. The summed E-state index contributed by atoms with van der Waals surface area (Å²) in [4.78, 5) is 25.8. The first kappa shape index (κ1) is 24.0. The van der Waals surface area contributed by atoms with E-state index in [1.807, 2.05) is 0 Å². The molecular formula is C22H24F2N2O5S. The number of benzene rings is 2. The Labute approximate surface area is 185 Å². The molecule has 7 nitrogen and oxygen atoms in total. The molecule has 0 spiro atoms. The number of imide groups is 1. The zero-order chi connectivity index (χ0) is 23.5. The van der Waals surface area contributed by atoms with Gasteiger partial charge in [0.25, 0.3) is 17.7 Å². The van der Waals surface area contributed by atoms with Gasteiger partial charge in [-0.15, -0.1) is 0 Å². The number of aryl methyl sites for hydroxylation is 1. The number of fused-ring (bicyclic) bond motifs is 1. The van der Waals surface area contributed by atoms with Crippen LogP contribution in [0.1, 0.15) is 39.1 Å². The second-order valence-electron chi connectivity index (χ2n) is 7.64. The Bertz CT molecular complexity index is 1070. The standard InChI is InChI=1S/C22H24F2N2O5S/c1-16-7-9-17(10-8-16)32(30,31)25(15-22(23,24)11-14-27)12-4-13-26-20(28)18-5-2-3-6-19(18)21(26)29/h2-3,5-10,27H,4,11-15H2,1H3. The lowest BCUT2D eigenvalue weighted by atomic mass is 10.1. The van der Waals surface area contributed by atoms with Crippen molar-refractivity contribution < 1.29 is 31.9 Å². The van der Waals surface area contributed by atoms with Crippen LogP contribution < -0.4 is 0 Å². The lowest BCUT2D eigenvalue weighted by Crippen LogP contribution is -2.43. The molecule has 0 saturated carbocycles. The highest BCUT2D eigenvalue weighted by atomic mass is 32.2. The predicted octanol–water partition coefficient (Wildman–Crippen LogP) is 2.69. The largest absolute Gasteiger partial charge is 0.396 e. The maximum absolute atomic E-state index is 14.2. The smallest absolute Gasteiger partial charge is 0.263 e. The van der Waals surface area contributed by atoms with E-state index in [0.717, 1.165) is 10.5 Å². The zero-order valence-corrected chi connectivity index (χ0v) is 18.3. The van der Waals surface area contributed by atoms with Gasteiger partial charge in [0, 0.05) is 26.1 Å². The van der Waals surface area contributed by atoms with Crippen molar-refractivity contribution in [3.05, 3.63) is 65.2 Å². The van der Waals surface area contributed by atoms with Crippen LogP contribution in [0.15, 0.2) is 53.4 Å². The van der Waals surface area contributed by atoms with Crippen LogP contribution in [-0.2, 0) is 10.0 Å². The van der Waals surface area contributed by atoms with Gasteiger partial charge in [-0.05, 0) is 37.6 Å². The molecule has 0 fully saturated rings. The first-order valence-electron chi connectivity index (χ1n) is 10.1. The Morgan fingerprint density at radius 2 is 1.56 bits per heavy atom. The highest BCUT2D eigenvalue weighted by Gasteiger charge is 2.38. The Balaban J connectivity index is 1.77. The van der Waals surface area contributed by atoms with E-state index >= 15 is 0 Å². The Hall–Kier alpha value is -2.69. The molecule has 0 atom stereocenters. The molecule has 0 aromatic heterocycles. The van der Waals surface area contributed by atoms with Crippen LogP contribution in [0, 0.1) is 6.92 Å². The molecule has 1 aliphatic rings. The van der Waals surface area contributed by atoms with Gasteiger partial charge in [-0.25, -0.2) is 17.2 Å². The number of rotatable bonds is 10. The maximum atomic E-state index is 14.2. The van der Waals surface area contributed by atoms with Crippen molar-refractivity contribution >= 4 is 21.8 Å². The molecule has 0 aliphatic carbocycles. The first-order valence-corrected chi connectivity index (χ1v) is 11.5. The van der Waals surface area contributed by atoms with Crippen molar-refractivity contribution in [3.63, 3.8) is 0 Å². The average Bonchev–Trinajstić information content (AvgIpc) is 2.98. The summed E-state index contributed by atoms with van der Waals surface area (Å²) in [7, 11) is -4.26. The van der Waals surface area contributed by atoms with Gasteiger partial charge in [0.15, 0.2) is 0 Å². The molecule has 32 heavy (non-hydrogen) atoms. The second-order valence-corrected chi connectivity index (χ2v) is 9.58. The average molecular weight is 467 g/mol. The molecule has 172 valence electrons. The van der Waals surface area contributed by atoms with Crippen LogP contribution in [0.5, 0.6) is 0 Å². The summed E-state index contributed by atoms with van der Waals surface area (Å²) in [6.45, 7) is -0.583. The third-order valence-electron chi connectivity index (χ3n) is 5.21. The van der Waals surface area contributed by atoms with Crippen LogP contribution in [-0.4, -0.2) is 66.7 Å². The fourth-order valence-corrected chi connectivity index (χ4v) is 5.00. The minimum atomic E-state index is -4.26. The van der Waals surface area contributed by atoms with Gasteiger partial charge in [0.1, 0.15) is 0 Å². The van der Waals surface area contributed by atoms with Gasteiger partial charge in [-0.3, -0.25) is 14.5 Å². The van der Waals surface area contributed by atoms with Crippen molar-refractivity contribution in [2.75, 3.05) is 26.2 Å². The van der Waals surface area contributed by atoms with E-state index in [2.05, 4.69) is 0 Å². The molecule has 0 unspecified atom stereocenters. The summed E-state index contributed by atoms with van der Waals surface area (Å²) in [6, 6.07) is 12.1. The molecule has 0 radical (unpaired) electrons. The molecule has 0 saturated heterocycles. The van der Waals surface area contributed by atoms with E-state index < -0.39 is 47.3 Å². The van der Waals surface area contributed by atoms with Gasteiger partial charge < -0.3 is 5.11 Å². The molecule has 10 heteroatoms. The van der Waals surface area contributed by atoms with Crippen molar-refractivity contribution in [3.8, 4) is 0 Å². The molecule has 2 aromatic carbocycles. The van der Waals surface area contributed by atoms with E-state index in [1.54, 1.807) is 31.2 Å². The predicted molar refractivity (Wildman–Crippen MR) is 113 cm³/mol. The quantitative estimate of drug-likeness (QED) is 0.544. The number of hydrogen-bond donors (Lipinski definition) is 1. The summed E-state index contributed by atoms with van der Waals surface area (Å²) in [5, 5.41) is 8.90. The number of sulfonamides is 1. The minimum absolute atomic E-state index is 0.0221. The van der Waals surface area contributed by atoms with E-state index in [-0.39, 0.29) is 35.5 Å². The summed E-state index contributed by atoms with van der Waals surface area (Å²) in [5.41, 5.74) is 1.33. The fourth-order valence-electron chi connectivity index (χ4n) is 3.49. The van der Waals surface area contributed by atoms with Crippen molar-refractivity contribution in [1.82, 2.24) is 9.21 Å². The zero-order valence-electron chi connectivity index (χ0n) is 17.5. The van der Waals surface area contributed by atoms with Crippen LogP contribution in [0.2, 0.25) is 0 Å². The van der Waals surface area contributed by atoms with Gasteiger partial charge in [0.05, 0.1) is 22.6 Å². The van der Waals surface area contributed by atoms with E-state index in [1.165, 1.54) is 24.3 Å². The third kappa shape index (κ3) is 5.03. The summed E-state index contributed by atoms with van der Waals surface area (Å²) in [6.07, 6.45) is -0.906. The van der Waals surface area contributed by atoms with Crippen molar-refractivity contribution in [2.45, 2.75) is 30.6 Å². The van der Waals surface area contributed by atoms with Crippen LogP contribution in [0.4, 0.5) is 8.78 Å². The van der Waals surface area contributed by atoms with Crippen LogP contribution in [0.25, 0.3) is 0 Å². The van der Waals surface area contributed by atoms with Gasteiger partial charge >= 0.3 is 0 Å². The molecule has 2 amide bonds. The molecule has 1 heterocycles. The minimum Gasteiger partial charge on any atom is -0.396 e. The van der Waals surface area contributed by atoms with E-state index in [9.17, 15) is 26.8 Å². The monoisotopic (exact) mass is 466 g/mol. The Kier molecular flexibility index (Phi) is 7.06. The number of nitrogens with zero attached hydrogens (tertiary/aromatic N) is 2. The number of alkyl halides is 2. The lowest BCUT2D eigenvalue weighted by molar-refractivity contribution is -0.0349. The number of amides is 2. The van der Waals surface area contributed by atoms with Gasteiger partial charge in [-0.2, -0.15) is 4.31 Å². The molecule has 1 N–H and O–H groups in total. The van der Waals surface area contributed by atoms with E-state index in [4.69, 9.17) is 5.11 Å². The number of carbonyl (C=O) groups is 2. The fraction of sp³-hybridized carbons (Fsp3) is 0.364. The normalized spacial score (nSPS) is 14.3. The Morgan fingerprint density at radius 3 is 2.09 bits per heavy atom. The molecular weight excluding hydrogens is 442 g/mol. The van der Waals surface area contributed by atoms with Crippen LogP contribution >= 0.6 is 0 Å². The van der Waals surface area contributed by atoms with Gasteiger partial charge in [0.2, 0.25) is 10.0 Å². The summed E-state index contributed by atoms with van der Waals surface area (Å²) in [5.74, 6) is -4.43. The first-order chi connectivity index (χ1) is 15.1. The number of carbonyl (C=O) groups excluding carboxylic acids is 2. The Morgan fingerprint density at radius 1 is 1.00 bits per heavy atom. The molecule has 3 rings (SSSR count). The maximum Gasteiger partial charge on any atom is 0.263 e. The van der Waals surface area contributed by atoms with Crippen molar-refractivity contribution in [1.29, 1.82) is 0 Å². The number of halogens is 2. The topological polar surface area (TPSA) is 95.0 Å². The molecule has 2 aromatic rings. The molecule has 0 bridgehead atoms. The van der Waals surface area contributed by atoms with Crippen LogP contribution in [0.3, 0.4) is 0 Å². The molecule has 1 aliphatic heterocycles. The summed E-state index contributed by atoms with van der Waals surface area (Å²) < 4.78 is 55.2. The number of hydrogen-bond acceptors (Lipinski definition) is 5. The highest BCUT2D eigenvalue weighted by molar-refractivity contribution is 7.89. The lowest BCUT2D eigenvalue weighted by Gasteiger charge is -2.27. The number of aliphatic hydroxyl groups is 1. The number of aliphatic hydroxyl groups excluding tert-OH is 1. The van der Waals surface area contributed by atoms with Gasteiger partial charge in [-0.1, -0.05) is 29.8 Å². The SMILES string of the molecule is Cc1ccc(S(=O)(=O)N(CCCN2C(=O)c3ccccc3C2=O)CC(F)(F)CCO)cc1. The van der Waals surface area contributed by atoms with E-state index in [0.29, 0.717) is 4.31 Å². The second kappa shape index (κ2) is 9.43. The summed E-state index contributed by atoms with van der Waals surface area (Å²) >= 11 is 0. The van der Waals surface area contributed by atoms with Crippen molar-refractivity contribution in [2.24, 2.45) is 0 Å².